The van der Waals surface area contributed by atoms with Crippen molar-refractivity contribution in [2.24, 2.45) is 0 Å². The summed E-state index contributed by atoms with van der Waals surface area (Å²) >= 11 is 3.19. The van der Waals surface area contributed by atoms with Crippen LogP contribution in [-0.4, -0.2) is 15.6 Å². The van der Waals surface area contributed by atoms with E-state index in [1.54, 1.807) is 12.1 Å². The van der Waals surface area contributed by atoms with Crippen molar-refractivity contribution in [1.82, 2.24) is 9.78 Å². The van der Waals surface area contributed by atoms with Gasteiger partial charge in [0.15, 0.2) is 10.4 Å². The highest BCUT2D eigenvalue weighted by Crippen LogP contribution is 2.17. The Balaban J connectivity index is 2.06. The number of carbonyl (C=O) groups excluding carboxylic acids is 1. The number of halogens is 1. The Morgan fingerprint density at radius 1 is 1.37 bits per heavy atom. The maximum Gasteiger partial charge on any atom is 0.204 e. The molecule has 0 fully saturated rings. The summed E-state index contributed by atoms with van der Waals surface area (Å²) in [6.45, 7) is 4.28. The van der Waals surface area contributed by atoms with Crippen molar-refractivity contribution in [3.05, 3.63) is 40.5 Å². The number of hydrogen-bond donors (Lipinski definition) is 0. The molecule has 0 atom stereocenters. The third kappa shape index (κ3) is 3.35. The van der Waals surface area contributed by atoms with Crippen LogP contribution >= 0.6 is 15.9 Å². The number of aromatic nitrogens is 2. The molecule has 0 radical (unpaired) electrons. The maximum atomic E-state index is 12.0. The molecule has 0 unspecified atom stereocenters. The van der Waals surface area contributed by atoms with E-state index < -0.39 is 0 Å². The van der Waals surface area contributed by atoms with Gasteiger partial charge in [0.2, 0.25) is 5.78 Å². The SMILES string of the molecule is CCC(CC)n1ccc(CC(=O)c2ccc(Br)o2)n1. The lowest BCUT2D eigenvalue weighted by Gasteiger charge is -2.12. The largest absolute Gasteiger partial charge is 0.446 e. The highest BCUT2D eigenvalue weighted by molar-refractivity contribution is 9.10. The van der Waals surface area contributed by atoms with Crippen molar-refractivity contribution in [2.45, 2.75) is 39.2 Å². The molecule has 4 nitrogen and oxygen atoms in total. The van der Waals surface area contributed by atoms with Gasteiger partial charge in [0.25, 0.3) is 0 Å². The summed E-state index contributed by atoms with van der Waals surface area (Å²) < 4.78 is 7.76. The van der Waals surface area contributed by atoms with Gasteiger partial charge in [0.05, 0.1) is 18.2 Å². The summed E-state index contributed by atoms with van der Waals surface area (Å²) in [4.78, 5) is 12.0. The van der Waals surface area contributed by atoms with Gasteiger partial charge in [-0.15, -0.1) is 0 Å². The van der Waals surface area contributed by atoms with Gasteiger partial charge >= 0.3 is 0 Å². The van der Waals surface area contributed by atoms with Gasteiger partial charge in [-0.25, -0.2) is 0 Å². The molecule has 0 aromatic carbocycles. The first-order chi connectivity index (χ1) is 9.13. The molecule has 0 aliphatic carbocycles. The first kappa shape index (κ1) is 14.1. The van der Waals surface area contributed by atoms with Gasteiger partial charge < -0.3 is 4.42 Å². The van der Waals surface area contributed by atoms with Gasteiger partial charge in [-0.3, -0.25) is 9.48 Å². The minimum atomic E-state index is -0.0551. The lowest BCUT2D eigenvalue weighted by Crippen LogP contribution is -2.09. The zero-order chi connectivity index (χ0) is 13.8. The van der Waals surface area contributed by atoms with E-state index in [0.29, 0.717) is 16.5 Å². The van der Waals surface area contributed by atoms with Crippen molar-refractivity contribution in [2.75, 3.05) is 0 Å². The molecule has 5 heteroatoms. The van der Waals surface area contributed by atoms with Crippen molar-refractivity contribution in [3.8, 4) is 0 Å². The van der Waals surface area contributed by atoms with Crippen LogP contribution in [0.15, 0.2) is 33.5 Å². The summed E-state index contributed by atoms with van der Waals surface area (Å²) in [6.07, 6.45) is 4.29. The first-order valence-corrected chi connectivity index (χ1v) is 7.25. The molecule has 102 valence electrons. The number of carbonyl (C=O) groups is 1. The third-order valence-corrected chi connectivity index (χ3v) is 3.60. The van der Waals surface area contributed by atoms with Crippen LogP contribution < -0.4 is 0 Å². The average molecular weight is 325 g/mol. The van der Waals surface area contributed by atoms with Crippen LogP contribution in [0.5, 0.6) is 0 Å². The maximum absolute atomic E-state index is 12.0. The molecule has 0 aliphatic rings. The smallest absolute Gasteiger partial charge is 0.204 e. The standard InChI is InChI=1S/C14H17BrN2O2/c1-3-11(4-2)17-8-7-10(16-17)9-12(18)13-5-6-14(15)19-13/h5-8,11H,3-4,9H2,1-2H3. The van der Waals surface area contributed by atoms with Crippen molar-refractivity contribution < 1.29 is 9.21 Å². The summed E-state index contributed by atoms with van der Waals surface area (Å²) in [5.74, 6) is 0.310. The quantitative estimate of drug-likeness (QED) is 0.754. The van der Waals surface area contributed by atoms with E-state index in [-0.39, 0.29) is 12.2 Å². The first-order valence-electron chi connectivity index (χ1n) is 6.46. The van der Waals surface area contributed by atoms with Crippen molar-refractivity contribution in [3.63, 3.8) is 0 Å². The second kappa shape index (κ2) is 6.19. The van der Waals surface area contributed by atoms with Crippen LogP contribution in [0.4, 0.5) is 0 Å². The molecule has 2 aromatic rings. The average Bonchev–Trinajstić information content (AvgIpc) is 3.00. The molecule has 0 amide bonds. The second-order valence-corrected chi connectivity index (χ2v) is 5.24. The number of rotatable bonds is 6. The van der Waals surface area contributed by atoms with Gasteiger partial charge in [0.1, 0.15) is 0 Å². The Hall–Kier alpha value is -1.36. The molecule has 2 rings (SSSR count). The van der Waals surface area contributed by atoms with Gasteiger partial charge in [-0.1, -0.05) is 13.8 Å². The molecular weight excluding hydrogens is 308 g/mol. The molecule has 2 aromatic heterocycles. The topological polar surface area (TPSA) is 48.0 Å². The molecule has 19 heavy (non-hydrogen) atoms. The zero-order valence-corrected chi connectivity index (χ0v) is 12.7. The van der Waals surface area contributed by atoms with Crippen LogP contribution in [0.1, 0.15) is 49.0 Å². The minimum Gasteiger partial charge on any atom is -0.446 e. The molecule has 2 heterocycles. The van der Waals surface area contributed by atoms with Crippen LogP contribution in [-0.2, 0) is 6.42 Å². The van der Waals surface area contributed by atoms with Crippen molar-refractivity contribution >= 4 is 21.7 Å². The highest BCUT2D eigenvalue weighted by Gasteiger charge is 2.14. The zero-order valence-electron chi connectivity index (χ0n) is 11.1. The van der Waals surface area contributed by atoms with Crippen LogP contribution in [0.2, 0.25) is 0 Å². The van der Waals surface area contributed by atoms with Crippen molar-refractivity contribution in [1.29, 1.82) is 0 Å². The summed E-state index contributed by atoms with van der Waals surface area (Å²) in [6, 6.07) is 5.69. The number of hydrogen-bond acceptors (Lipinski definition) is 3. The molecule has 0 N–H and O–H groups in total. The minimum absolute atomic E-state index is 0.0551. The Labute approximate surface area is 120 Å². The lowest BCUT2D eigenvalue weighted by molar-refractivity contribution is 0.0964. The van der Waals surface area contributed by atoms with Crippen LogP contribution in [0.3, 0.4) is 0 Å². The fourth-order valence-electron chi connectivity index (χ4n) is 2.05. The Kier molecular flexibility index (Phi) is 4.58. The highest BCUT2D eigenvalue weighted by atomic mass is 79.9. The van der Waals surface area contributed by atoms with E-state index >= 15 is 0 Å². The van der Waals surface area contributed by atoms with Gasteiger partial charge in [-0.2, -0.15) is 5.10 Å². The van der Waals surface area contributed by atoms with E-state index in [4.69, 9.17) is 4.42 Å². The normalized spacial score (nSPS) is 11.2. The monoisotopic (exact) mass is 324 g/mol. The molecule has 0 spiro atoms. The molecular formula is C14H17BrN2O2. The van der Waals surface area contributed by atoms with Gasteiger partial charge in [0, 0.05) is 6.20 Å². The number of ketones is 1. The fraction of sp³-hybridized carbons (Fsp3) is 0.429. The van der Waals surface area contributed by atoms with E-state index in [2.05, 4.69) is 34.9 Å². The van der Waals surface area contributed by atoms with E-state index in [1.807, 2.05) is 16.9 Å². The van der Waals surface area contributed by atoms with E-state index in [0.717, 1.165) is 18.5 Å². The molecule has 0 saturated carbocycles. The Morgan fingerprint density at radius 2 is 2.11 bits per heavy atom. The second-order valence-electron chi connectivity index (χ2n) is 4.46. The van der Waals surface area contributed by atoms with E-state index in [9.17, 15) is 4.79 Å². The lowest BCUT2D eigenvalue weighted by atomic mass is 10.2. The Morgan fingerprint density at radius 3 is 2.68 bits per heavy atom. The predicted octanol–water partition coefficient (Wildman–Crippen LogP) is 4.03. The fourth-order valence-corrected chi connectivity index (χ4v) is 2.36. The third-order valence-electron chi connectivity index (χ3n) is 3.17. The summed E-state index contributed by atoms with van der Waals surface area (Å²) in [5.41, 5.74) is 0.782. The number of Topliss-reactive ketones (excluding diaryl/α,β-unsaturated/α-hetero) is 1. The molecule has 0 aliphatic heterocycles. The van der Waals surface area contributed by atoms with Crippen LogP contribution in [0.25, 0.3) is 0 Å². The van der Waals surface area contributed by atoms with E-state index in [1.165, 1.54) is 0 Å². The predicted molar refractivity (Wildman–Crippen MR) is 76.3 cm³/mol. The van der Waals surface area contributed by atoms with Gasteiger partial charge in [-0.05, 0) is 47.0 Å². The summed E-state index contributed by atoms with van der Waals surface area (Å²) in [7, 11) is 0. The van der Waals surface area contributed by atoms with Crippen LogP contribution in [0, 0.1) is 0 Å². The summed E-state index contributed by atoms with van der Waals surface area (Å²) in [5, 5.41) is 4.47. The number of furan rings is 1. The Bertz CT molecular complexity index is 555. The molecule has 0 bridgehead atoms. The number of nitrogens with zero attached hydrogens (tertiary/aromatic N) is 2. The molecule has 0 saturated heterocycles.